The summed E-state index contributed by atoms with van der Waals surface area (Å²) in [6, 6.07) is 4.10. The lowest BCUT2D eigenvalue weighted by Crippen LogP contribution is -2.43. The zero-order valence-corrected chi connectivity index (χ0v) is 20.9. The molecule has 0 aliphatic carbocycles. The van der Waals surface area contributed by atoms with Crippen LogP contribution in [0.5, 0.6) is 11.6 Å². The fourth-order valence-corrected chi connectivity index (χ4v) is 5.69. The van der Waals surface area contributed by atoms with Crippen LogP contribution in [0.15, 0.2) is 33.9 Å². The minimum absolute atomic E-state index is 0.0934. The van der Waals surface area contributed by atoms with Crippen LogP contribution in [0.25, 0.3) is 0 Å². The van der Waals surface area contributed by atoms with Gasteiger partial charge in [0, 0.05) is 30.2 Å². The second-order valence-electron chi connectivity index (χ2n) is 9.70. The molecule has 1 aromatic carbocycles. The van der Waals surface area contributed by atoms with Crippen LogP contribution in [-0.2, 0) is 9.84 Å². The van der Waals surface area contributed by atoms with Gasteiger partial charge in [0.2, 0.25) is 11.8 Å². The monoisotopic (exact) mass is 501 g/mol. The molecule has 2 aliphatic heterocycles. The number of nitrogens with zero attached hydrogens (tertiary/aromatic N) is 5. The fraction of sp³-hybridized carbons (Fsp3) is 0.500. The molecule has 2 atom stereocenters. The normalized spacial score (nSPS) is 22.1. The van der Waals surface area contributed by atoms with E-state index in [9.17, 15) is 12.8 Å². The van der Waals surface area contributed by atoms with Gasteiger partial charge >= 0.3 is 0 Å². The number of ether oxygens (including phenoxy) is 1. The highest BCUT2D eigenvalue weighted by molar-refractivity contribution is 7.90. The van der Waals surface area contributed by atoms with Gasteiger partial charge in [0.05, 0.1) is 10.5 Å². The van der Waals surface area contributed by atoms with Crippen LogP contribution < -0.4 is 9.64 Å². The molecule has 3 aromatic rings. The van der Waals surface area contributed by atoms with Crippen LogP contribution in [0.3, 0.4) is 0 Å². The van der Waals surface area contributed by atoms with Gasteiger partial charge in [-0.1, -0.05) is 19.0 Å². The highest BCUT2D eigenvalue weighted by Crippen LogP contribution is 2.46. The number of fused-ring (bicyclic) bond motifs is 2. The summed E-state index contributed by atoms with van der Waals surface area (Å²) in [5.41, 5.74) is 0.703. The minimum Gasteiger partial charge on any atom is -0.435 e. The van der Waals surface area contributed by atoms with E-state index in [0.717, 1.165) is 49.6 Å². The summed E-state index contributed by atoms with van der Waals surface area (Å²) >= 11 is 0. The number of halogens is 1. The molecule has 2 fully saturated rings. The van der Waals surface area contributed by atoms with Crippen LogP contribution in [0, 0.1) is 12.7 Å². The van der Waals surface area contributed by atoms with E-state index >= 15 is 0 Å². The molecule has 186 valence electrons. The number of hydrogen-bond donors (Lipinski definition) is 0. The maximum atomic E-state index is 14.6. The van der Waals surface area contributed by atoms with Crippen molar-refractivity contribution < 1.29 is 22.1 Å². The van der Waals surface area contributed by atoms with E-state index in [0.29, 0.717) is 11.5 Å². The van der Waals surface area contributed by atoms with Crippen LogP contribution in [0.4, 0.5) is 10.2 Å². The molecule has 0 radical (unpaired) electrons. The van der Waals surface area contributed by atoms with Gasteiger partial charge < -0.3 is 14.2 Å². The average Bonchev–Trinajstić information content (AvgIpc) is 3.39. The summed E-state index contributed by atoms with van der Waals surface area (Å²) in [6.07, 6.45) is 6.29. The van der Waals surface area contributed by atoms with Crippen molar-refractivity contribution in [1.82, 2.24) is 20.1 Å². The topological polar surface area (TPSA) is 111 Å². The first-order valence-corrected chi connectivity index (χ1v) is 13.6. The molecule has 4 heterocycles. The number of piperidine rings is 1. The summed E-state index contributed by atoms with van der Waals surface area (Å²) in [6.45, 7) is 5.95. The molecule has 0 N–H and O–H groups in total. The van der Waals surface area contributed by atoms with E-state index in [1.807, 2.05) is 20.8 Å². The summed E-state index contributed by atoms with van der Waals surface area (Å²) in [5.74, 6) is 2.02. The zero-order valence-electron chi connectivity index (χ0n) is 20.1. The number of hydrogen-bond acceptors (Lipinski definition) is 9. The third kappa shape index (κ3) is 4.49. The number of rotatable bonds is 6. The number of aromatic nitrogens is 4. The molecule has 9 nitrogen and oxygen atoms in total. The van der Waals surface area contributed by atoms with Crippen molar-refractivity contribution >= 4 is 15.7 Å². The van der Waals surface area contributed by atoms with Crippen molar-refractivity contribution in [3.63, 3.8) is 0 Å². The molecule has 2 aliphatic rings. The first kappa shape index (κ1) is 23.7. The van der Waals surface area contributed by atoms with Crippen molar-refractivity contribution in [2.75, 3.05) is 11.2 Å². The van der Waals surface area contributed by atoms with Crippen LogP contribution >= 0.6 is 0 Å². The van der Waals surface area contributed by atoms with Crippen molar-refractivity contribution in [2.24, 2.45) is 0 Å². The third-order valence-electron chi connectivity index (χ3n) is 6.85. The second kappa shape index (κ2) is 8.85. The Morgan fingerprint density at radius 3 is 2.49 bits per heavy atom. The standard InChI is InChI=1S/C24H28FN5O4S/c1-13(2)21-28-24(34-29-21)15-9-16-5-6-17(10-15)30(16)22-14(3)23(27-12-26-22)33-20-8-7-18(11-19(20)25)35(4,31)32/h7-8,11-13,15-17H,5-6,9-10H2,1-4H3. The predicted molar refractivity (Wildman–Crippen MR) is 126 cm³/mol. The zero-order chi connectivity index (χ0) is 24.9. The minimum atomic E-state index is -3.52. The van der Waals surface area contributed by atoms with Gasteiger partial charge in [0.15, 0.2) is 27.2 Å². The van der Waals surface area contributed by atoms with Crippen LogP contribution in [-0.4, -0.2) is 46.9 Å². The van der Waals surface area contributed by atoms with Gasteiger partial charge in [-0.25, -0.2) is 22.8 Å². The van der Waals surface area contributed by atoms with Gasteiger partial charge in [0.1, 0.15) is 12.1 Å². The molecule has 5 rings (SSSR count). The Labute approximate surface area is 203 Å². The molecule has 2 unspecified atom stereocenters. The first-order chi connectivity index (χ1) is 16.6. The fourth-order valence-electron chi connectivity index (χ4n) is 5.06. The number of benzene rings is 1. The Kier molecular flexibility index (Phi) is 5.98. The Morgan fingerprint density at radius 2 is 1.89 bits per heavy atom. The molecule has 35 heavy (non-hydrogen) atoms. The predicted octanol–water partition coefficient (Wildman–Crippen LogP) is 4.54. The maximum Gasteiger partial charge on any atom is 0.229 e. The van der Waals surface area contributed by atoms with Gasteiger partial charge in [-0.2, -0.15) is 4.98 Å². The molecule has 0 amide bonds. The van der Waals surface area contributed by atoms with Gasteiger partial charge in [-0.3, -0.25) is 0 Å². The summed E-state index contributed by atoms with van der Waals surface area (Å²) in [5, 5.41) is 4.13. The second-order valence-corrected chi connectivity index (χ2v) is 11.7. The quantitative estimate of drug-likeness (QED) is 0.480. The highest BCUT2D eigenvalue weighted by atomic mass is 32.2. The molecule has 2 bridgehead atoms. The molecule has 0 saturated carbocycles. The Hall–Kier alpha value is -3.08. The molecular weight excluding hydrogens is 473 g/mol. The average molecular weight is 502 g/mol. The molecule has 2 aromatic heterocycles. The van der Waals surface area contributed by atoms with Crippen molar-refractivity contribution in [3.05, 3.63) is 47.6 Å². The van der Waals surface area contributed by atoms with Crippen LogP contribution in [0.1, 0.15) is 68.6 Å². The molecule has 11 heteroatoms. The molecule has 2 saturated heterocycles. The van der Waals surface area contributed by atoms with E-state index in [1.54, 1.807) is 0 Å². The van der Waals surface area contributed by atoms with E-state index in [-0.39, 0.29) is 40.4 Å². The SMILES string of the molecule is Cc1c(Oc2ccc(S(C)(=O)=O)cc2F)ncnc1N1C2CCC1CC(c1nc(C(C)C)no1)C2. The Balaban J connectivity index is 1.37. The van der Waals surface area contributed by atoms with E-state index in [1.165, 1.54) is 18.5 Å². The Morgan fingerprint density at radius 1 is 1.17 bits per heavy atom. The highest BCUT2D eigenvalue weighted by Gasteiger charge is 2.44. The van der Waals surface area contributed by atoms with Crippen molar-refractivity contribution in [1.29, 1.82) is 0 Å². The molecule has 0 spiro atoms. The lowest BCUT2D eigenvalue weighted by atomic mass is 9.90. The summed E-state index contributed by atoms with van der Waals surface area (Å²) in [4.78, 5) is 15.6. The lowest BCUT2D eigenvalue weighted by molar-refractivity contribution is 0.303. The largest absolute Gasteiger partial charge is 0.435 e. The van der Waals surface area contributed by atoms with Crippen molar-refractivity contribution in [3.8, 4) is 11.6 Å². The van der Waals surface area contributed by atoms with E-state index in [4.69, 9.17) is 9.26 Å². The van der Waals surface area contributed by atoms with E-state index < -0.39 is 15.7 Å². The maximum absolute atomic E-state index is 14.6. The number of sulfone groups is 1. The van der Waals surface area contributed by atoms with Gasteiger partial charge in [0.25, 0.3) is 0 Å². The number of anilines is 1. The smallest absolute Gasteiger partial charge is 0.229 e. The third-order valence-corrected chi connectivity index (χ3v) is 7.96. The summed E-state index contributed by atoms with van der Waals surface area (Å²) < 4.78 is 49.3. The van der Waals surface area contributed by atoms with E-state index in [2.05, 4.69) is 25.0 Å². The Bertz CT molecular complexity index is 1350. The van der Waals surface area contributed by atoms with Crippen LogP contribution in [0.2, 0.25) is 0 Å². The lowest BCUT2D eigenvalue weighted by Gasteiger charge is -2.39. The van der Waals surface area contributed by atoms with Gasteiger partial charge in [-0.05, 0) is 50.8 Å². The van der Waals surface area contributed by atoms with Crippen molar-refractivity contribution in [2.45, 2.75) is 75.3 Å². The summed E-state index contributed by atoms with van der Waals surface area (Å²) in [7, 11) is -3.52. The van der Waals surface area contributed by atoms with Gasteiger partial charge in [-0.15, -0.1) is 0 Å². The first-order valence-electron chi connectivity index (χ1n) is 11.7. The molecular formula is C24H28FN5O4S.